The Hall–Kier alpha value is -2.17. The lowest BCUT2D eigenvalue weighted by Crippen LogP contribution is -2.09. The van der Waals surface area contributed by atoms with Crippen LogP contribution in [0.4, 0.5) is 5.82 Å². The highest BCUT2D eigenvalue weighted by molar-refractivity contribution is 5.86. The minimum Gasteiger partial charge on any atom is -0.493 e. The number of nitrogen functional groups attached to an aromatic ring is 1. The van der Waals surface area contributed by atoms with Gasteiger partial charge >= 0.3 is 0 Å². The van der Waals surface area contributed by atoms with Crippen molar-refractivity contribution in [2.75, 3.05) is 20.0 Å². The molecular formula is C11H12N2O3. The van der Waals surface area contributed by atoms with E-state index in [0.717, 1.165) is 5.39 Å². The first-order valence-electron chi connectivity index (χ1n) is 4.70. The van der Waals surface area contributed by atoms with Crippen molar-refractivity contribution in [2.24, 2.45) is 0 Å². The number of nitrogens with two attached hydrogens (primary N) is 1. The normalized spacial score (nSPS) is 10.4. The second kappa shape index (κ2) is 3.77. The minimum absolute atomic E-state index is 0.240. The van der Waals surface area contributed by atoms with E-state index in [1.807, 2.05) is 0 Å². The zero-order valence-corrected chi connectivity index (χ0v) is 9.03. The number of methoxy groups -OCH3 is 2. The molecule has 0 aliphatic heterocycles. The number of nitrogens with one attached hydrogen (secondary N) is 1. The molecule has 0 saturated carbocycles. The monoisotopic (exact) mass is 220 g/mol. The first-order chi connectivity index (χ1) is 7.65. The predicted molar refractivity (Wildman–Crippen MR) is 62.1 cm³/mol. The number of hydrogen-bond donors (Lipinski definition) is 2. The molecule has 1 aromatic heterocycles. The molecule has 0 radical (unpaired) electrons. The van der Waals surface area contributed by atoms with E-state index in [9.17, 15) is 4.79 Å². The summed E-state index contributed by atoms with van der Waals surface area (Å²) in [6.07, 6.45) is 0. The summed E-state index contributed by atoms with van der Waals surface area (Å²) in [7, 11) is 3.06. The van der Waals surface area contributed by atoms with Crippen molar-refractivity contribution in [3.8, 4) is 11.5 Å². The Kier molecular flexibility index (Phi) is 2.44. The molecule has 0 aliphatic rings. The quantitative estimate of drug-likeness (QED) is 0.795. The van der Waals surface area contributed by atoms with E-state index in [1.165, 1.54) is 7.11 Å². The molecule has 0 spiro atoms. The van der Waals surface area contributed by atoms with Crippen LogP contribution in [0.15, 0.2) is 23.0 Å². The topological polar surface area (TPSA) is 77.3 Å². The van der Waals surface area contributed by atoms with Crippen LogP contribution in [-0.2, 0) is 0 Å². The van der Waals surface area contributed by atoms with E-state index in [0.29, 0.717) is 22.7 Å². The minimum atomic E-state index is -0.240. The summed E-state index contributed by atoms with van der Waals surface area (Å²) in [4.78, 5) is 14.2. The molecule has 3 N–H and O–H groups in total. The Labute approximate surface area is 91.8 Å². The van der Waals surface area contributed by atoms with E-state index >= 15 is 0 Å². The van der Waals surface area contributed by atoms with Crippen molar-refractivity contribution in [3.63, 3.8) is 0 Å². The van der Waals surface area contributed by atoms with Crippen LogP contribution in [0, 0.1) is 0 Å². The van der Waals surface area contributed by atoms with Crippen LogP contribution in [-0.4, -0.2) is 19.2 Å². The number of fused-ring (bicyclic) bond motifs is 1. The third-order valence-electron chi connectivity index (χ3n) is 2.37. The van der Waals surface area contributed by atoms with Crippen LogP contribution in [0.3, 0.4) is 0 Å². The molecule has 0 unspecified atom stereocenters. The number of ether oxygens (including phenoxy) is 2. The lowest BCUT2D eigenvalue weighted by atomic mass is 10.1. The zero-order chi connectivity index (χ0) is 11.7. The molecule has 16 heavy (non-hydrogen) atoms. The van der Waals surface area contributed by atoms with Gasteiger partial charge in [0, 0.05) is 0 Å². The number of hydrogen-bond acceptors (Lipinski definition) is 4. The van der Waals surface area contributed by atoms with E-state index in [-0.39, 0.29) is 5.56 Å². The highest BCUT2D eigenvalue weighted by Crippen LogP contribution is 2.30. The molecule has 0 fully saturated rings. The van der Waals surface area contributed by atoms with Gasteiger partial charge in [0.25, 0.3) is 5.56 Å². The Morgan fingerprint density at radius 3 is 2.38 bits per heavy atom. The number of anilines is 1. The summed E-state index contributed by atoms with van der Waals surface area (Å²) < 4.78 is 10.3. The molecule has 5 heteroatoms. The average Bonchev–Trinajstić information content (AvgIpc) is 2.27. The maximum absolute atomic E-state index is 11.6. The van der Waals surface area contributed by atoms with E-state index in [2.05, 4.69) is 4.98 Å². The van der Waals surface area contributed by atoms with Crippen LogP contribution in [0.25, 0.3) is 10.8 Å². The Balaban J connectivity index is 2.83. The second-order valence-electron chi connectivity index (χ2n) is 3.35. The SMILES string of the molecule is COc1cc2cc(N)[nH]c(=O)c2cc1OC. The van der Waals surface area contributed by atoms with Crippen molar-refractivity contribution in [1.29, 1.82) is 0 Å². The number of aromatic nitrogens is 1. The number of H-pyrrole nitrogens is 1. The summed E-state index contributed by atoms with van der Waals surface area (Å²) in [6.45, 7) is 0. The van der Waals surface area contributed by atoms with Gasteiger partial charge in [0.05, 0.1) is 19.6 Å². The van der Waals surface area contributed by atoms with E-state index in [1.54, 1.807) is 25.3 Å². The number of benzene rings is 1. The van der Waals surface area contributed by atoms with Gasteiger partial charge in [-0.05, 0) is 23.6 Å². The van der Waals surface area contributed by atoms with Gasteiger partial charge in [0.1, 0.15) is 5.82 Å². The van der Waals surface area contributed by atoms with Gasteiger partial charge in [-0.1, -0.05) is 0 Å². The van der Waals surface area contributed by atoms with Gasteiger partial charge in [-0.2, -0.15) is 0 Å². The molecule has 0 bridgehead atoms. The highest BCUT2D eigenvalue weighted by Gasteiger charge is 2.08. The molecule has 1 heterocycles. The lowest BCUT2D eigenvalue weighted by Gasteiger charge is -2.08. The van der Waals surface area contributed by atoms with Gasteiger partial charge in [0.15, 0.2) is 11.5 Å². The van der Waals surface area contributed by atoms with Crippen molar-refractivity contribution in [3.05, 3.63) is 28.6 Å². The molecule has 0 aliphatic carbocycles. The van der Waals surface area contributed by atoms with E-state index in [4.69, 9.17) is 15.2 Å². The summed E-state index contributed by atoms with van der Waals surface area (Å²) >= 11 is 0. The standard InChI is InChI=1S/C11H12N2O3/c1-15-8-3-6-4-10(12)13-11(14)7(6)5-9(8)16-2/h3-5H,1-2H3,(H3,12,13,14). The Bertz CT molecular complexity index is 590. The Morgan fingerprint density at radius 1 is 1.12 bits per heavy atom. The van der Waals surface area contributed by atoms with Gasteiger partial charge in [-0.15, -0.1) is 0 Å². The van der Waals surface area contributed by atoms with Gasteiger partial charge in [0.2, 0.25) is 0 Å². The van der Waals surface area contributed by atoms with Crippen LogP contribution in [0.5, 0.6) is 11.5 Å². The summed E-state index contributed by atoms with van der Waals surface area (Å²) in [5.74, 6) is 1.41. The molecule has 0 atom stereocenters. The molecule has 84 valence electrons. The molecule has 1 aromatic carbocycles. The predicted octanol–water partition coefficient (Wildman–Crippen LogP) is 1.13. The number of pyridine rings is 1. The summed E-state index contributed by atoms with van der Waals surface area (Å²) in [6, 6.07) is 5.03. The van der Waals surface area contributed by atoms with Crippen LogP contribution >= 0.6 is 0 Å². The fourth-order valence-electron chi connectivity index (χ4n) is 1.61. The molecule has 2 aromatic rings. The average molecular weight is 220 g/mol. The zero-order valence-electron chi connectivity index (χ0n) is 9.03. The Morgan fingerprint density at radius 2 is 1.75 bits per heavy atom. The van der Waals surface area contributed by atoms with Crippen molar-refractivity contribution < 1.29 is 9.47 Å². The molecule has 2 rings (SSSR count). The van der Waals surface area contributed by atoms with E-state index < -0.39 is 0 Å². The lowest BCUT2D eigenvalue weighted by molar-refractivity contribution is 0.356. The van der Waals surface area contributed by atoms with Gasteiger partial charge in [-0.3, -0.25) is 4.79 Å². The maximum Gasteiger partial charge on any atom is 0.257 e. The molecule has 5 nitrogen and oxygen atoms in total. The smallest absolute Gasteiger partial charge is 0.257 e. The van der Waals surface area contributed by atoms with Crippen LogP contribution < -0.4 is 20.8 Å². The molecule has 0 amide bonds. The van der Waals surface area contributed by atoms with Crippen LogP contribution in [0.1, 0.15) is 0 Å². The fourth-order valence-corrected chi connectivity index (χ4v) is 1.61. The molecular weight excluding hydrogens is 208 g/mol. The van der Waals surface area contributed by atoms with Crippen molar-refractivity contribution in [1.82, 2.24) is 4.98 Å². The first-order valence-corrected chi connectivity index (χ1v) is 4.70. The van der Waals surface area contributed by atoms with Gasteiger partial charge in [-0.25, -0.2) is 0 Å². The third kappa shape index (κ3) is 1.56. The third-order valence-corrected chi connectivity index (χ3v) is 2.37. The summed E-state index contributed by atoms with van der Waals surface area (Å²) in [5, 5.41) is 1.24. The summed E-state index contributed by atoms with van der Waals surface area (Å²) in [5.41, 5.74) is 5.32. The highest BCUT2D eigenvalue weighted by atomic mass is 16.5. The second-order valence-corrected chi connectivity index (χ2v) is 3.35. The van der Waals surface area contributed by atoms with Crippen molar-refractivity contribution in [2.45, 2.75) is 0 Å². The number of aromatic amines is 1. The van der Waals surface area contributed by atoms with Gasteiger partial charge < -0.3 is 20.2 Å². The first kappa shape index (κ1) is 10.4. The van der Waals surface area contributed by atoms with Crippen LogP contribution in [0.2, 0.25) is 0 Å². The largest absolute Gasteiger partial charge is 0.493 e. The molecule has 0 saturated heterocycles. The van der Waals surface area contributed by atoms with Crippen molar-refractivity contribution >= 4 is 16.6 Å². The fraction of sp³-hybridized carbons (Fsp3) is 0.182. The number of rotatable bonds is 2. The maximum atomic E-state index is 11.6.